The third-order valence-corrected chi connectivity index (χ3v) is 20.7. The summed E-state index contributed by atoms with van der Waals surface area (Å²) in [6, 6.07) is 38.6. The zero-order valence-electron chi connectivity index (χ0n) is 45.5. The van der Waals surface area contributed by atoms with E-state index in [9.17, 15) is 4.79 Å². The predicted molar refractivity (Wildman–Crippen MR) is 304 cm³/mol. The fraction of sp³-hybridized carbons (Fsp3) is 0.529. The third kappa shape index (κ3) is 8.87. The third-order valence-electron chi connectivity index (χ3n) is 20.7. The highest BCUT2D eigenvalue weighted by Crippen LogP contribution is 2.54. The molecule has 3 heteroatoms. The maximum absolute atomic E-state index is 11.7. The number of Topliss-reactive ketones (excluding diaryl/α,β-unsaturated/α-hetero) is 1. The minimum atomic E-state index is -0.218. The predicted octanol–water partition coefficient (Wildman–Crippen LogP) is 18.4. The summed E-state index contributed by atoms with van der Waals surface area (Å²) < 4.78 is 12.0. The van der Waals surface area contributed by atoms with Crippen LogP contribution in [0.2, 0.25) is 0 Å². The van der Waals surface area contributed by atoms with Gasteiger partial charge in [0.15, 0.2) is 5.79 Å². The molecule has 0 aromatic heterocycles. The SMILES string of the molecule is CCCc1ccc2c3c(cccc13)C(C)(C)c1cc(C3CCC(C4CCC(=O)CC4)CC3)ccc1-2.CCCc1ccc2c3c(cccc13)C(C)(C)c1cc(C3CCC(C4CCC5(CC4)OCCO5)CC3)ccc1-2. The number of rotatable bonds is 8. The first-order valence-corrected chi connectivity index (χ1v) is 29.7. The molecular formula is C70H84O3. The Balaban J connectivity index is 0.000000149. The molecule has 6 aromatic rings. The van der Waals surface area contributed by atoms with Gasteiger partial charge in [0, 0.05) is 36.5 Å². The highest BCUT2D eigenvalue weighted by Gasteiger charge is 2.43. The number of hydrogen-bond donors (Lipinski definition) is 0. The smallest absolute Gasteiger partial charge is 0.168 e. The van der Waals surface area contributed by atoms with Crippen molar-refractivity contribution in [1.82, 2.24) is 0 Å². The molecule has 4 saturated carbocycles. The summed E-state index contributed by atoms with van der Waals surface area (Å²) in [7, 11) is 0. The van der Waals surface area contributed by atoms with Crippen LogP contribution in [-0.4, -0.2) is 24.8 Å². The van der Waals surface area contributed by atoms with Crippen LogP contribution < -0.4 is 0 Å². The Hall–Kier alpha value is -4.57. The van der Waals surface area contributed by atoms with Crippen molar-refractivity contribution in [2.75, 3.05) is 13.2 Å². The summed E-state index contributed by atoms with van der Waals surface area (Å²) in [6.45, 7) is 15.9. The minimum Gasteiger partial charge on any atom is -0.348 e. The van der Waals surface area contributed by atoms with E-state index in [1.54, 1.807) is 11.1 Å². The van der Waals surface area contributed by atoms with E-state index in [0.29, 0.717) is 17.6 Å². The average molecular weight is 973 g/mol. The minimum absolute atomic E-state index is 0.00846. The zero-order valence-corrected chi connectivity index (χ0v) is 45.5. The molecule has 7 aliphatic rings. The van der Waals surface area contributed by atoms with Crippen molar-refractivity contribution in [3.63, 3.8) is 0 Å². The highest BCUT2D eigenvalue weighted by atomic mass is 16.7. The number of ketones is 1. The van der Waals surface area contributed by atoms with E-state index >= 15 is 0 Å². The molecule has 0 bridgehead atoms. The van der Waals surface area contributed by atoms with Crippen LogP contribution in [0.4, 0.5) is 0 Å². The van der Waals surface area contributed by atoms with Crippen LogP contribution in [0.15, 0.2) is 97.1 Å². The number of carbonyl (C=O) groups is 1. The lowest BCUT2D eigenvalue weighted by molar-refractivity contribution is -0.185. The molecule has 3 nitrogen and oxygen atoms in total. The summed E-state index contributed by atoms with van der Waals surface area (Å²) >= 11 is 0. The Morgan fingerprint density at radius 2 is 0.863 bits per heavy atom. The summed E-state index contributed by atoms with van der Waals surface area (Å²) in [5.74, 6) is 5.05. The van der Waals surface area contributed by atoms with Crippen LogP contribution in [0.25, 0.3) is 43.8 Å². The Morgan fingerprint density at radius 1 is 0.452 bits per heavy atom. The van der Waals surface area contributed by atoms with Gasteiger partial charge in [-0.2, -0.15) is 0 Å². The van der Waals surface area contributed by atoms with Gasteiger partial charge in [0.05, 0.1) is 13.2 Å². The number of ether oxygens (including phenoxy) is 2. The zero-order chi connectivity index (χ0) is 50.1. The summed E-state index contributed by atoms with van der Waals surface area (Å²) in [5, 5.41) is 5.89. The second-order valence-corrected chi connectivity index (χ2v) is 25.4. The van der Waals surface area contributed by atoms with Gasteiger partial charge >= 0.3 is 0 Å². The van der Waals surface area contributed by atoms with Crippen molar-refractivity contribution in [2.24, 2.45) is 23.7 Å². The maximum Gasteiger partial charge on any atom is 0.168 e. The first-order chi connectivity index (χ1) is 35.5. The van der Waals surface area contributed by atoms with Crippen molar-refractivity contribution in [1.29, 1.82) is 0 Å². The second kappa shape index (κ2) is 19.9. The number of aryl methyl sites for hydroxylation is 2. The molecule has 0 N–H and O–H groups in total. The summed E-state index contributed by atoms with van der Waals surface area (Å²) in [6.07, 6.45) is 24.1. The van der Waals surface area contributed by atoms with Gasteiger partial charge in [0.25, 0.3) is 0 Å². The van der Waals surface area contributed by atoms with E-state index in [-0.39, 0.29) is 16.6 Å². The molecule has 0 atom stereocenters. The second-order valence-electron chi connectivity index (χ2n) is 25.4. The largest absolute Gasteiger partial charge is 0.348 e. The molecule has 73 heavy (non-hydrogen) atoms. The van der Waals surface area contributed by atoms with E-state index in [4.69, 9.17) is 9.47 Å². The van der Waals surface area contributed by atoms with Crippen LogP contribution in [0.5, 0.6) is 0 Å². The van der Waals surface area contributed by atoms with Crippen molar-refractivity contribution in [3.8, 4) is 22.3 Å². The van der Waals surface area contributed by atoms with Crippen molar-refractivity contribution >= 4 is 27.3 Å². The summed E-state index contributed by atoms with van der Waals surface area (Å²) in [5.41, 5.74) is 17.9. The lowest BCUT2D eigenvalue weighted by atomic mass is 9.66. The fourth-order valence-corrected chi connectivity index (χ4v) is 16.4. The van der Waals surface area contributed by atoms with Gasteiger partial charge in [-0.25, -0.2) is 0 Å². The molecule has 5 fully saturated rings. The van der Waals surface area contributed by atoms with Crippen LogP contribution in [0.1, 0.15) is 213 Å². The molecule has 1 spiro atoms. The van der Waals surface area contributed by atoms with Gasteiger partial charge in [0.1, 0.15) is 5.78 Å². The first-order valence-electron chi connectivity index (χ1n) is 29.7. The molecular weight excluding hydrogens is 889 g/mol. The fourth-order valence-electron chi connectivity index (χ4n) is 16.4. The van der Waals surface area contributed by atoms with Gasteiger partial charge in [-0.05, 0) is 214 Å². The molecule has 1 saturated heterocycles. The molecule has 0 amide bonds. The molecule has 1 heterocycles. The summed E-state index contributed by atoms with van der Waals surface area (Å²) in [4.78, 5) is 11.7. The van der Waals surface area contributed by atoms with E-state index in [1.165, 1.54) is 154 Å². The number of benzene rings is 6. The standard InChI is InChI=1S/C36H44O2.C34H40O/c1-4-6-27-13-16-31-30-15-14-28(23-33(30)35(2,3)32-8-5-7-29(27)34(31)32)25-11-9-24(10-12-25)26-17-19-36(20-18-26)37-21-22-38-36;1-4-6-25-15-20-30-29-19-16-26(21-32(29)34(2,3)31-8-5-7-28(25)33(30)31)24-11-9-22(10-12-24)23-13-17-27(35)18-14-23/h5,7-8,13-16,23-26H,4,6,9-12,17-22H2,1-3H3;5,7-8,15-16,19-24H,4,6,9-14,17-18H2,1-3H3. The number of carbonyl (C=O) groups excluding carboxylic acids is 1. The average Bonchev–Trinajstić information content (AvgIpc) is 3.88. The van der Waals surface area contributed by atoms with E-state index < -0.39 is 0 Å². The van der Waals surface area contributed by atoms with Crippen molar-refractivity contribution < 1.29 is 14.3 Å². The van der Waals surface area contributed by atoms with Gasteiger partial charge in [0.2, 0.25) is 0 Å². The van der Waals surface area contributed by atoms with E-state index in [2.05, 4.69) is 139 Å². The highest BCUT2D eigenvalue weighted by molar-refractivity contribution is 6.06. The van der Waals surface area contributed by atoms with E-state index in [0.717, 1.165) is 88.3 Å². The molecule has 6 aromatic carbocycles. The van der Waals surface area contributed by atoms with Gasteiger partial charge < -0.3 is 9.47 Å². The quantitative estimate of drug-likeness (QED) is 0.152. The normalized spacial score (nSPS) is 25.0. The maximum atomic E-state index is 11.7. The number of hydrogen-bond acceptors (Lipinski definition) is 3. The molecule has 6 aliphatic carbocycles. The Labute approximate surface area is 438 Å². The lowest BCUT2D eigenvalue weighted by Gasteiger charge is -2.41. The number of fused-ring (bicyclic) bond motifs is 4. The molecule has 0 radical (unpaired) electrons. The Kier molecular flexibility index (Phi) is 13.4. The molecule has 1 aliphatic heterocycles. The Morgan fingerprint density at radius 3 is 1.30 bits per heavy atom. The lowest BCUT2D eigenvalue weighted by Crippen LogP contribution is -2.37. The van der Waals surface area contributed by atoms with Gasteiger partial charge in [-0.15, -0.1) is 0 Å². The van der Waals surface area contributed by atoms with Gasteiger partial charge in [-0.3, -0.25) is 4.79 Å². The van der Waals surface area contributed by atoms with Crippen molar-refractivity contribution in [2.45, 2.75) is 198 Å². The molecule has 13 rings (SSSR count). The monoisotopic (exact) mass is 973 g/mol. The van der Waals surface area contributed by atoms with Crippen molar-refractivity contribution in [3.05, 3.63) is 142 Å². The van der Waals surface area contributed by atoms with Crippen LogP contribution in [0.3, 0.4) is 0 Å². The van der Waals surface area contributed by atoms with Crippen LogP contribution in [0, 0.1) is 23.7 Å². The van der Waals surface area contributed by atoms with E-state index in [1.807, 2.05) is 0 Å². The van der Waals surface area contributed by atoms with Gasteiger partial charge in [-0.1, -0.05) is 151 Å². The molecule has 0 unspecified atom stereocenters. The molecule has 382 valence electrons. The Bertz CT molecular complexity index is 3000. The van der Waals surface area contributed by atoms with Crippen LogP contribution in [-0.2, 0) is 37.9 Å². The van der Waals surface area contributed by atoms with Crippen LogP contribution >= 0.6 is 0 Å². The first kappa shape index (κ1) is 49.3. The topological polar surface area (TPSA) is 35.5 Å².